The van der Waals surface area contributed by atoms with E-state index in [9.17, 15) is 15.2 Å². The fraction of sp³-hybridized carbons (Fsp3) is 0.615. The van der Waals surface area contributed by atoms with Crippen molar-refractivity contribution in [2.45, 2.75) is 32.1 Å². The Morgan fingerprint density at radius 2 is 2.10 bits per heavy atom. The van der Waals surface area contributed by atoms with Gasteiger partial charge in [-0.1, -0.05) is 19.3 Å². The number of hydrogen-bond acceptors (Lipinski definition) is 6. The molecule has 7 heteroatoms. The van der Waals surface area contributed by atoms with Gasteiger partial charge >= 0.3 is 0 Å². The number of pyridine rings is 1. The summed E-state index contributed by atoms with van der Waals surface area (Å²) in [6, 6.07) is 2.60. The van der Waals surface area contributed by atoms with E-state index in [0.29, 0.717) is 12.4 Å². The Kier molecular flexibility index (Phi) is 4.39. The smallest absolute Gasteiger partial charge is 0.276 e. The maximum absolute atomic E-state index is 10.8. The Labute approximate surface area is 117 Å². The Morgan fingerprint density at radius 1 is 1.40 bits per heavy atom. The summed E-state index contributed by atoms with van der Waals surface area (Å²) in [5.41, 5.74) is 5.33. The lowest BCUT2D eigenvalue weighted by atomic mass is 9.74. The first kappa shape index (κ1) is 14.5. The molecule has 1 aliphatic carbocycles. The van der Waals surface area contributed by atoms with E-state index in [2.05, 4.69) is 10.3 Å². The summed E-state index contributed by atoms with van der Waals surface area (Å²) in [6.07, 6.45) is 5.32. The van der Waals surface area contributed by atoms with Gasteiger partial charge in [0, 0.05) is 12.0 Å². The lowest BCUT2D eigenvalue weighted by molar-refractivity contribution is -0.384. The molecule has 1 aromatic heterocycles. The molecule has 0 aliphatic heterocycles. The van der Waals surface area contributed by atoms with Gasteiger partial charge in [-0.25, -0.2) is 4.98 Å². The zero-order valence-corrected chi connectivity index (χ0v) is 11.3. The molecule has 1 aromatic rings. The summed E-state index contributed by atoms with van der Waals surface area (Å²) >= 11 is 0. The van der Waals surface area contributed by atoms with Crippen LogP contribution >= 0.6 is 0 Å². The van der Waals surface area contributed by atoms with Crippen LogP contribution in [0.2, 0.25) is 0 Å². The predicted octanol–water partition coefficient (Wildman–Crippen LogP) is 1.93. The molecule has 2 rings (SSSR count). The van der Waals surface area contributed by atoms with Gasteiger partial charge in [0.1, 0.15) is 11.6 Å². The first-order valence-electron chi connectivity index (χ1n) is 6.81. The summed E-state index contributed by atoms with van der Waals surface area (Å²) in [5, 5.41) is 23.5. The second kappa shape index (κ2) is 6.04. The average molecular weight is 280 g/mol. The molecule has 0 saturated heterocycles. The number of aromatic nitrogens is 1. The van der Waals surface area contributed by atoms with Crippen LogP contribution in [0.3, 0.4) is 0 Å². The predicted molar refractivity (Wildman–Crippen MR) is 76.4 cm³/mol. The van der Waals surface area contributed by atoms with Gasteiger partial charge in [-0.3, -0.25) is 10.1 Å². The normalized spacial score (nSPS) is 17.6. The van der Waals surface area contributed by atoms with Crippen LogP contribution in [0.4, 0.5) is 17.3 Å². The minimum atomic E-state index is -0.494. The topological polar surface area (TPSA) is 114 Å². The number of aliphatic hydroxyl groups is 1. The number of nitrogens with zero attached hydrogens (tertiary/aromatic N) is 2. The minimum absolute atomic E-state index is 0.0818. The van der Waals surface area contributed by atoms with E-state index >= 15 is 0 Å². The van der Waals surface area contributed by atoms with Gasteiger partial charge in [0.25, 0.3) is 5.69 Å². The number of nitrogens with two attached hydrogens (primary N) is 1. The summed E-state index contributed by atoms with van der Waals surface area (Å²) in [7, 11) is 0. The van der Waals surface area contributed by atoms with Crippen LogP contribution < -0.4 is 11.1 Å². The highest BCUT2D eigenvalue weighted by Gasteiger charge is 2.31. The van der Waals surface area contributed by atoms with E-state index in [0.717, 1.165) is 25.7 Å². The number of nitro groups is 1. The molecule has 110 valence electrons. The molecule has 1 heterocycles. The van der Waals surface area contributed by atoms with Crippen LogP contribution in [0.15, 0.2) is 12.1 Å². The highest BCUT2D eigenvalue weighted by Crippen LogP contribution is 2.36. The second-order valence-electron chi connectivity index (χ2n) is 5.46. The van der Waals surface area contributed by atoms with Crippen molar-refractivity contribution in [3.63, 3.8) is 0 Å². The van der Waals surface area contributed by atoms with E-state index in [1.807, 2.05) is 0 Å². The summed E-state index contributed by atoms with van der Waals surface area (Å²) in [4.78, 5) is 14.3. The minimum Gasteiger partial charge on any atom is -0.396 e. The molecule has 4 N–H and O–H groups in total. The maximum atomic E-state index is 10.8. The van der Waals surface area contributed by atoms with Crippen LogP contribution in [0.25, 0.3) is 0 Å². The molecule has 1 aliphatic rings. The molecule has 1 fully saturated rings. The van der Waals surface area contributed by atoms with E-state index < -0.39 is 4.92 Å². The molecular weight excluding hydrogens is 260 g/mol. The molecule has 0 bridgehead atoms. The molecule has 20 heavy (non-hydrogen) atoms. The molecule has 1 saturated carbocycles. The van der Waals surface area contributed by atoms with Crippen LogP contribution in [0.1, 0.15) is 32.1 Å². The standard InChI is InChI=1S/C13H20N4O3/c14-11-6-10(17(19)20)7-12(16-11)15-8-13(9-18)4-2-1-3-5-13/h6-7,18H,1-5,8-9H2,(H3,14,15,16). The van der Waals surface area contributed by atoms with Crippen molar-refractivity contribution in [2.24, 2.45) is 5.41 Å². The zero-order valence-electron chi connectivity index (χ0n) is 11.3. The summed E-state index contributed by atoms with van der Waals surface area (Å²) < 4.78 is 0. The third kappa shape index (κ3) is 3.36. The van der Waals surface area contributed by atoms with Gasteiger partial charge < -0.3 is 16.2 Å². The van der Waals surface area contributed by atoms with E-state index in [4.69, 9.17) is 5.73 Å². The van der Waals surface area contributed by atoms with Gasteiger partial charge in [0.15, 0.2) is 0 Å². The summed E-state index contributed by atoms with van der Waals surface area (Å²) in [5.74, 6) is 0.499. The molecular formula is C13H20N4O3. The number of anilines is 2. The molecule has 7 nitrogen and oxygen atoms in total. The van der Waals surface area contributed by atoms with Gasteiger partial charge in [-0.2, -0.15) is 0 Å². The average Bonchev–Trinajstić information content (AvgIpc) is 2.45. The fourth-order valence-corrected chi connectivity index (χ4v) is 2.70. The van der Waals surface area contributed by atoms with Crippen molar-refractivity contribution < 1.29 is 10.0 Å². The molecule has 0 unspecified atom stereocenters. The third-order valence-electron chi connectivity index (χ3n) is 3.93. The van der Waals surface area contributed by atoms with Crippen molar-refractivity contribution in [1.29, 1.82) is 0 Å². The van der Waals surface area contributed by atoms with Crippen molar-refractivity contribution in [3.05, 3.63) is 22.2 Å². The van der Waals surface area contributed by atoms with Crippen molar-refractivity contribution in [3.8, 4) is 0 Å². The highest BCUT2D eigenvalue weighted by atomic mass is 16.6. The van der Waals surface area contributed by atoms with Crippen molar-refractivity contribution >= 4 is 17.3 Å². The first-order valence-corrected chi connectivity index (χ1v) is 6.81. The van der Waals surface area contributed by atoms with Crippen LogP contribution in [0.5, 0.6) is 0 Å². The lowest BCUT2D eigenvalue weighted by Gasteiger charge is -2.35. The maximum Gasteiger partial charge on any atom is 0.276 e. The largest absolute Gasteiger partial charge is 0.396 e. The van der Waals surface area contributed by atoms with Gasteiger partial charge in [-0.05, 0) is 12.8 Å². The molecule has 0 aromatic carbocycles. The lowest BCUT2D eigenvalue weighted by Crippen LogP contribution is -2.35. The number of hydrogen-bond donors (Lipinski definition) is 3. The third-order valence-corrected chi connectivity index (χ3v) is 3.93. The Balaban J connectivity index is 2.07. The quantitative estimate of drug-likeness (QED) is 0.561. The number of aliphatic hydroxyl groups excluding tert-OH is 1. The van der Waals surface area contributed by atoms with Crippen LogP contribution in [-0.2, 0) is 0 Å². The SMILES string of the molecule is Nc1cc([N+](=O)[O-])cc(NCC2(CO)CCCCC2)n1. The second-order valence-corrected chi connectivity index (χ2v) is 5.46. The van der Waals surface area contributed by atoms with E-state index in [-0.39, 0.29) is 23.5 Å². The molecule has 0 atom stereocenters. The highest BCUT2D eigenvalue weighted by molar-refractivity contribution is 5.52. The van der Waals surface area contributed by atoms with Gasteiger partial charge in [0.2, 0.25) is 0 Å². The van der Waals surface area contributed by atoms with E-state index in [1.165, 1.54) is 18.6 Å². The van der Waals surface area contributed by atoms with Gasteiger partial charge in [-0.15, -0.1) is 0 Å². The Hall–Kier alpha value is -1.89. The Bertz CT molecular complexity index is 487. The monoisotopic (exact) mass is 280 g/mol. The van der Waals surface area contributed by atoms with Crippen LogP contribution in [-0.4, -0.2) is 28.2 Å². The zero-order chi connectivity index (χ0) is 14.6. The molecule has 0 radical (unpaired) electrons. The Morgan fingerprint density at radius 3 is 2.70 bits per heavy atom. The van der Waals surface area contributed by atoms with Crippen molar-refractivity contribution in [2.75, 3.05) is 24.2 Å². The van der Waals surface area contributed by atoms with Crippen molar-refractivity contribution in [1.82, 2.24) is 4.98 Å². The number of rotatable bonds is 5. The fourth-order valence-electron chi connectivity index (χ4n) is 2.70. The first-order chi connectivity index (χ1) is 9.54. The number of nitrogen functional groups attached to an aromatic ring is 1. The van der Waals surface area contributed by atoms with Gasteiger partial charge in [0.05, 0.1) is 23.7 Å². The van der Waals surface area contributed by atoms with Crippen LogP contribution in [0, 0.1) is 15.5 Å². The van der Waals surface area contributed by atoms with E-state index in [1.54, 1.807) is 0 Å². The molecule has 0 spiro atoms. The number of nitrogens with one attached hydrogen (secondary N) is 1. The summed E-state index contributed by atoms with van der Waals surface area (Å²) in [6.45, 7) is 0.668. The molecule has 0 amide bonds.